The number of carbonyl (C=O) groups excluding carboxylic acids is 1. The molecule has 1 fully saturated rings. The summed E-state index contributed by atoms with van der Waals surface area (Å²) in [4.78, 5) is 19.2. The zero-order valence-electron chi connectivity index (χ0n) is 15.4. The third-order valence-electron chi connectivity index (χ3n) is 4.69. The Morgan fingerprint density at radius 3 is 2.64 bits per heavy atom. The highest BCUT2D eigenvalue weighted by Crippen LogP contribution is 2.30. The van der Waals surface area contributed by atoms with E-state index in [-0.39, 0.29) is 17.8 Å². The Kier molecular flexibility index (Phi) is 5.88. The molecule has 4 nitrogen and oxygen atoms in total. The topological polar surface area (TPSA) is 41.9 Å². The molecule has 0 radical (unpaired) electrons. The van der Waals surface area contributed by atoms with E-state index in [1.165, 1.54) is 23.9 Å². The van der Waals surface area contributed by atoms with Crippen LogP contribution in [0.25, 0.3) is 6.08 Å². The number of carbonyl (C=O) groups is 1. The Morgan fingerprint density at radius 2 is 1.93 bits per heavy atom. The van der Waals surface area contributed by atoms with Gasteiger partial charge in [0.15, 0.2) is 5.17 Å². The van der Waals surface area contributed by atoms with Gasteiger partial charge in [0.1, 0.15) is 11.5 Å². The Balaban J connectivity index is 1.60. The van der Waals surface area contributed by atoms with Gasteiger partial charge in [-0.2, -0.15) is 0 Å². The number of aliphatic imine (C=N–C) groups is 1. The van der Waals surface area contributed by atoms with Gasteiger partial charge in [0.25, 0.3) is 5.91 Å². The van der Waals surface area contributed by atoms with Crippen molar-refractivity contribution in [3.05, 3.63) is 71.7 Å². The summed E-state index contributed by atoms with van der Waals surface area (Å²) in [6.45, 7) is 0.789. The molecule has 1 amide bonds. The molecule has 2 heterocycles. The van der Waals surface area contributed by atoms with Crippen molar-refractivity contribution < 1.29 is 13.9 Å². The molecule has 28 heavy (non-hydrogen) atoms. The molecule has 2 aromatic carbocycles. The summed E-state index contributed by atoms with van der Waals surface area (Å²) < 4.78 is 19.2. The van der Waals surface area contributed by atoms with Gasteiger partial charge < -0.3 is 4.74 Å². The lowest BCUT2D eigenvalue weighted by atomic mass is 10.1. The van der Waals surface area contributed by atoms with Crippen LogP contribution in [0.4, 0.5) is 10.1 Å². The van der Waals surface area contributed by atoms with E-state index >= 15 is 0 Å². The van der Waals surface area contributed by atoms with Crippen LogP contribution in [-0.4, -0.2) is 29.5 Å². The monoisotopic (exact) mass is 396 g/mol. The van der Waals surface area contributed by atoms with E-state index in [1.807, 2.05) is 30.3 Å². The summed E-state index contributed by atoms with van der Waals surface area (Å²) in [5.41, 5.74) is 1.90. The highest BCUT2D eigenvalue weighted by atomic mass is 32.2. The van der Waals surface area contributed by atoms with Gasteiger partial charge in [0.05, 0.1) is 11.8 Å². The second-order valence-corrected chi connectivity index (χ2v) is 7.74. The van der Waals surface area contributed by atoms with E-state index in [4.69, 9.17) is 4.74 Å². The van der Waals surface area contributed by atoms with Crippen molar-refractivity contribution in [2.75, 3.05) is 17.3 Å². The Labute approximate surface area is 168 Å². The molecule has 1 atom stereocenters. The first-order valence-electron chi connectivity index (χ1n) is 9.40. The van der Waals surface area contributed by atoms with Gasteiger partial charge >= 0.3 is 0 Å². The molecule has 6 heteroatoms. The van der Waals surface area contributed by atoms with E-state index in [0.29, 0.717) is 16.6 Å². The van der Waals surface area contributed by atoms with Crippen molar-refractivity contribution in [1.82, 2.24) is 0 Å². The smallest absolute Gasteiger partial charge is 0.283 e. The number of nitrogens with zero attached hydrogens (tertiary/aromatic N) is 2. The van der Waals surface area contributed by atoms with Crippen molar-refractivity contribution in [1.29, 1.82) is 0 Å². The standard InChI is InChI=1S/C22H21FN2O2S/c23-17-9-11-18(12-10-17)25-21(26)20(14-16-6-2-1-3-7-16)24-22(25)28-15-19-8-4-5-13-27-19/h1-3,6-7,9-12,14,19H,4-5,8,13,15H2. The predicted octanol–water partition coefficient (Wildman–Crippen LogP) is 4.87. The zero-order chi connectivity index (χ0) is 19.3. The van der Waals surface area contributed by atoms with Crippen LogP contribution in [0.3, 0.4) is 0 Å². The predicted molar refractivity (Wildman–Crippen MR) is 112 cm³/mol. The van der Waals surface area contributed by atoms with Gasteiger partial charge in [-0.3, -0.25) is 9.69 Å². The first kappa shape index (κ1) is 18.9. The lowest BCUT2D eigenvalue weighted by molar-refractivity contribution is -0.113. The van der Waals surface area contributed by atoms with E-state index in [2.05, 4.69) is 4.99 Å². The number of ether oxygens (including phenoxy) is 1. The van der Waals surface area contributed by atoms with Crippen molar-refractivity contribution >= 4 is 34.6 Å². The number of rotatable bonds is 4. The molecule has 1 unspecified atom stereocenters. The molecule has 2 aromatic rings. The van der Waals surface area contributed by atoms with Gasteiger partial charge in [0, 0.05) is 12.4 Å². The number of amidine groups is 1. The minimum atomic E-state index is -0.336. The number of hydrogen-bond acceptors (Lipinski definition) is 4. The SMILES string of the molecule is O=C1C(=Cc2ccccc2)N=C(SCC2CCCCO2)N1c1ccc(F)cc1. The van der Waals surface area contributed by atoms with Crippen LogP contribution in [0.15, 0.2) is 65.3 Å². The fraction of sp³-hybridized carbons (Fsp3) is 0.273. The van der Waals surface area contributed by atoms with Crippen LogP contribution < -0.4 is 4.90 Å². The molecule has 0 aliphatic carbocycles. The number of anilines is 1. The van der Waals surface area contributed by atoms with E-state index in [1.54, 1.807) is 23.1 Å². The summed E-state index contributed by atoms with van der Waals surface area (Å²) in [6, 6.07) is 15.5. The number of benzene rings is 2. The lowest BCUT2D eigenvalue weighted by Crippen LogP contribution is -2.31. The molecule has 4 rings (SSSR count). The molecule has 2 aliphatic rings. The van der Waals surface area contributed by atoms with Gasteiger partial charge in [-0.05, 0) is 55.2 Å². The Morgan fingerprint density at radius 1 is 1.14 bits per heavy atom. The van der Waals surface area contributed by atoms with Crippen LogP contribution in [0.5, 0.6) is 0 Å². The maximum atomic E-state index is 13.4. The third-order valence-corrected chi connectivity index (χ3v) is 5.76. The first-order valence-corrected chi connectivity index (χ1v) is 10.4. The van der Waals surface area contributed by atoms with Crippen LogP contribution >= 0.6 is 11.8 Å². The molecule has 2 aliphatic heterocycles. The summed E-state index contributed by atoms with van der Waals surface area (Å²) in [7, 11) is 0. The third kappa shape index (κ3) is 4.34. The van der Waals surface area contributed by atoms with Crippen molar-refractivity contribution in [2.24, 2.45) is 4.99 Å². The van der Waals surface area contributed by atoms with E-state index in [9.17, 15) is 9.18 Å². The summed E-state index contributed by atoms with van der Waals surface area (Å²) >= 11 is 1.51. The number of thioether (sulfide) groups is 1. The second kappa shape index (κ2) is 8.71. The molecule has 0 N–H and O–H groups in total. The van der Waals surface area contributed by atoms with Gasteiger partial charge in [-0.1, -0.05) is 42.1 Å². The molecule has 0 bridgehead atoms. The molecule has 0 saturated carbocycles. The maximum absolute atomic E-state index is 13.4. The molecule has 144 valence electrons. The fourth-order valence-electron chi connectivity index (χ4n) is 3.22. The van der Waals surface area contributed by atoms with Crippen LogP contribution in [0.1, 0.15) is 24.8 Å². The summed E-state index contributed by atoms with van der Waals surface area (Å²) in [5, 5.41) is 0.605. The Hall–Kier alpha value is -2.44. The minimum absolute atomic E-state index is 0.175. The second-order valence-electron chi connectivity index (χ2n) is 6.75. The zero-order valence-corrected chi connectivity index (χ0v) is 16.2. The number of halogens is 1. The minimum Gasteiger partial charge on any atom is -0.377 e. The maximum Gasteiger partial charge on any atom is 0.283 e. The van der Waals surface area contributed by atoms with Gasteiger partial charge in [0.2, 0.25) is 0 Å². The molecular formula is C22H21FN2O2S. The highest BCUT2D eigenvalue weighted by molar-refractivity contribution is 8.14. The Bertz CT molecular complexity index is 891. The lowest BCUT2D eigenvalue weighted by Gasteiger charge is -2.23. The molecule has 1 saturated heterocycles. The van der Waals surface area contributed by atoms with E-state index in [0.717, 1.165) is 37.2 Å². The normalized spacial score (nSPS) is 21.2. The molecular weight excluding hydrogens is 375 g/mol. The molecule has 0 aromatic heterocycles. The summed E-state index contributed by atoms with van der Waals surface area (Å²) in [6.07, 6.45) is 5.25. The van der Waals surface area contributed by atoms with Crippen molar-refractivity contribution in [3.8, 4) is 0 Å². The summed E-state index contributed by atoms with van der Waals surface area (Å²) in [5.74, 6) is 0.197. The van der Waals surface area contributed by atoms with Crippen molar-refractivity contribution in [2.45, 2.75) is 25.4 Å². The highest BCUT2D eigenvalue weighted by Gasteiger charge is 2.32. The first-order chi connectivity index (χ1) is 13.7. The van der Waals surface area contributed by atoms with Crippen LogP contribution in [-0.2, 0) is 9.53 Å². The number of hydrogen-bond donors (Lipinski definition) is 0. The van der Waals surface area contributed by atoms with Gasteiger partial charge in [-0.15, -0.1) is 0 Å². The van der Waals surface area contributed by atoms with E-state index < -0.39 is 0 Å². The average molecular weight is 396 g/mol. The quantitative estimate of drug-likeness (QED) is 0.693. The largest absolute Gasteiger partial charge is 0.377 e. The molecule has 0 spiro atoms. The van der Waals surface area contributed by atoms with Crippen LogP contribution in [0, 0.1) is 5.82 Å². The van der Waals surface area contributed by atoms with Gasteiger partial charge in [-0.25, -0.2) is 9.38 Å². The average Bonchev–Trinajstić information content (AvgIpc) is 3.04. The van der Waals surface area contributed by atoms with Crippen molar-refractivity contribution in [3.63, 3.8) is 0 Å². The van der Waals surface area contributed by atoms with Crippen LogP contribution in [0.2, 0.25) is 0 Å². The number of amides is 1. The fourth-order valence-corrected chi connectivity index (χ4v) is 4.30.